The minimum Gasteiger partial charge on any atom is -0.446 e. The van der Waals surface area contributed by atoms with E-state index in [1.165, 1.54) is 12.3 Å². The number of hydrogen-bond donors (Lipinski definition) is 1. The minimum absolute atomic E-state index is 0.201. The number of hydrogen-bond acceptors (Lipinski definition) is 6. The summed E-state index contributed by atoms with van der Waals surface area (Å²) in [5, 5.41) is 0. The number of piperazine rings is 1. The van der Waals surface area contributed by atoms with Gasteiger partial charge < -0.3 is 20.0 Å². The average molecular weight is 428 g/mol. The Labute approximate surface area is 171 Å². The number of carbonyl (C=O) groups excluding carboxylic acids is 1. The molecule has 1 unspecified atom stereocenters. The smallest absolute Gasteiger partial charge is 0.416 e. The topological polar surface area (TPSA) is 75.6 Å². The molecule has 1 aromatic heterocycles. The number of anilines is 1. The molecule has 2 N–H and O–H groups in total. The predicted molar refractivity (Wildman–Crippen MR) is 106 cm³/mol. The number of amides is 1. The van der Waals surface area contributed by atoms with E-state index in [-0.39, 0.29) is 17.6 Å². The van der Waals surface area contributed by atoms with E-state index in [1.807, 2.05) is 11.2 Å². The molecule has 0 spiro atoms. The van der Waals surface area contributed by atoms with E-state index in [9.17, 15) is 18.0 Å². The van der Waals surface area contributed by atoms with Crippen LogP contribution in [0, 0.1) is 0 Å². The van der Waals surface area contributed by atoms with Gasteiger partial charge in [-0.2, -0.15) is 24.9 Å². The lowest BCUT2D eigenvalue weighted by atomic mass is 10.1. The van der Waals surface area contributed by atoms with Crippen molar-refractivity contribution in [3.8, 4) is 0 Å². The first-order valence-corrected chi connectivity index (χ1v) is 10.6. The molecule has 1 fully saturated rings. The van der Waals surface area contributed by atoms with Gasteiger partial charge in [0.25, 0.3) is 5.91 Å². The molecule has 1 aliphatic rings. The Morgan fingerprint density at radius 3 is 2.69 bits per heavy atom. The molecule has 2 aromatic rings. The number of aromatic nitrogens is 1. The molecule has 158 valence electrons. The van der Waals surface area contributed by atoms with Gasteiger partial charge in [0.05, 0.1) is 11.6 Å². The Morgan fingerprint density at radius 1 is 1.31 bits per heavy atom. The zero-order chi connectivity index (χ0) is 21.0. The molecule has 6 nitrogen and oxygen atoms in total. The maximum absolute atomic E-state index is 12.9. The van der Waals surface area contributed by atoms with Crippen LogP contribution >= 0.6 is 11.8 Å². The van der Waals surface area contributed by atoms with Crippen molar-refractivity contribution in [2.75, 3.05) is 43.1 Å². The number of halogens is 3. The largest absolute Gasteiger partial charge is 0.446 e. The number of alkyl halides is 3. The minimum atomic E-state index is -4.38. The fraction of sp³-hybridized carbons (Fsp3) is 0.474. The second-order valence-corrected chi connectivity index (χ2v) is 7.77. The van der Waals surface area contributed by atoms with Crippen molar-refractivity contribution in [2.24, 2.45) is 5.73 Å². The lowest BCUT2D eigenvalue weighted by molar-refractivity contribution is -0.137. The monoisotopic (exact) mass is 428 g/mol. The van der Waals surface area contributed by atoms with Crippen molar-refractivity contribution in [3.63, 3.8) is 0 Å². The van der Waals surface area contributed by atoms with Gasteiger partial charge in [-0.15, -0.1) is 0 Å². The van der Waals surface area contributed by atoms with Crippen LogP contribution in [0.25, 0.3) is 0 Å². The molecule has 29 heavy (non-hydrogen) atoms. The highest BCUT2D eigenvalue weighted by molar-refractivity contribution is 7.98. The number of carbonyl (C=O) groups is 1. The Hall–Kier alpha value is -2.20. The van der Waals surface area contributed by atoms with Crippen LogP contribution in [0.4, 0.5) is 18.9 Å². The van der Waals surface area contributed by atoms with E-state index in [0.717, 1.165) is 17.9 Å². The molecule has 3 rings (SSSR count). The molecule has 1 saturated heterocycles. The first-order valence-electron chi connectivity index (χ1n) is 9.21. The van der Waals surface area contributed by atoms with E-state index in [4.69, 9.17) is 10.2 Å². The van der Waals surface area contributed by atoms with Crippen LogP contribution < -0.4 is 10.6 Å². The summed E-state index contributed by atoms with van der Waals surface area (Å²) in [4.78, 5) is 20.4. The van der Waals surface area contributed by atoms with Gasteiger partial charge in [-0.1, -0.05) is 6.07 Å². The molecule has 0 bridgehead atoms. The number of nitrogens with zero attached hydrogens (tertiary/aromatic N) is 3. The van der Waals surface area contributed by atoms with Crippen molar-refractivity contribution in [1.29, 1.82) is 0 Å². The second kappa shape index (κ2) is 9.08. The predicted octanol–water partition coefficient (Wildman–Crippen LogP) is 3.41. The molecule has 0 radical (unpaired) electrons. The van der Waals surface area contributed by atoms with Gasteiger partial charge in [-0.3, -0.25) is 4.79 Å². The molecule has 0 saturated carbocycles. The standard InChI is InChI=1S/C19H23F3N4O2S/c1-29-10-5-15(23)17-24-16(12-28-17)18(27)26-8-6-25(7-9-26)14-4-2-3-13(11-14)19(20,21)22/h2-4,11-12,15H,5-10,23H2,1H3. The molecular formula is C19H23F3N4O2S. The van der Waals surface area contributed by atoms with Crippen LogP contribution in [-0.2, 0) is 6.18 Å². The third-order valence-electron chi connectivity index (χ3n) is 4.80. The normalized spacial score (nSPS) is 16.2. The lowest BCUT2D eigenvalue weighted by Gasteiger charge is -2.36. The fourth-order valence-corrected chi connectivity index (χ4v) is 3.62. The van der Waals surface area contributed by atoms with Gasteiger partial charge >= 0.3 is 6.18 Å². The summed E-state index contributed by atoms with van der Waals surface area (Å²) in [6.07, 6.45) is -0.383. The Morgan fingerprint density at radius 2 is 2.03 bits per heavy atom. The van der Waals surface area contributed by atoms with Crippen molar-refractivity contribution >= 4 is 23.4 Å². The van der Waals surface area contributed by atoms with E-state index in [0.29, 0.717) is 44.2 Å². The summed E-state index contributed by atoms with van der Waals surface area (Å²) in [6, 6.07) is 4.87. The highest BCUT2D eigenvalue weighted by Gasteiger charge is 2.31. The zero-order valence-corrected chi connectivity index (χ0v) is 16.8. The first-order chi connectivity index (χ1) is 13.8. The van der Waals surface area contributed by atoms with Crippen LogP contribution in [0.3, 0.4) is 0 Å². The summed E-state index contributed by atoms with van der Waals surface area (Å²) >= 11 is 1.67. The fourth-order valence-electron chi connectivity index (χ4n) is 3.13. The molecular weight excluding hydrogens is 405 g/mol. The number of nitrogens with two attached hydrogens (primary N) is 1. The average Bonchev–Trinajstić information content (AvgIpc) is 3.21. The van der Waals surface area contributed by atoms with E-state index < -0.39 is 11.7 Å². The number of thioether (sulfide) groups is 1. The van der Waals surface area contributed by atoms with Gasteiger partial charge in [0.2, 0.25) is 5.89 Å². The SMILES string of the molecule is CSCCC(N)c1nc(C(=O)N2CCN(c3cccc(C(F)(F)F)c3)CC2)co1. The Bertz CT molecular complexity index is 835. The zero-order valence-electron chi connectivity index (χ0n) is 16.0. The highest BCUT2D eigenvalue weighted by atomic mass is 32.2. The van der Waals surface area contributed by atoms with Gasteiger partial charge in [-0.05, 0) is 36.6 Å². The number of oxazole rings is 1. The van der Waals surface area contributed by atoms with Crippen LogP contribution in [0.2, 0.25) is 0 Å². The lowest BCUT2D eigenvalue weighted by Crippen LogP contribution is -2.49. The van der Waals surface area contributed by atoms with Crippen LogP contribution in [0.1, 0.15) is 34.4 Å². The van der Waals surface area contributed by atoms with Crippen molar-refractivity contribution in [3.05, 3.63) is 47.7 Å². The number of benzene rings is 1. The Balaban J connectivity index is 1.60. The molecule has 1 atom stereocenters. The highest BCUT2D eigenvalue weighted by Crippen LogP contribution is 2.32. The van der Waals surface area contributed by atoms with Crippen LogP contribution in [0.15, 0.2) is 34.9 Å². The van der Waals surface area contributed by atoms with Gasteiger partial charge in [0.15, 0.2) is 5.69 Å². The summed E-state index contributed by atoms with van der Waals surface area (Å²) in [5.41, 5.74) is 6.03. The summed E-state index contributed by atoms with van der Waals surface area (Å²) in [6.45, 7) is 1.64. The molecule has 1 aromatic carbocycles. The van der Waals surface area contributed by atoms with E-state index >= 15 is 0 Å². The van der Waals surface area contributed by atoms with Crippen LogP contribution in [-0.4, -0.2) is 54.0 Å². The molecule has 0 aliphatic carbocycles. The van der Waals surface area contributed by atoms with Crippen molar-refractivity contribution in [1.82, 2.24) is 9.88 Å². The van der Waals surface area contributed by atoms with Gasteiger partial charge in [-0.25, -0.2) is 4.98 Å². The molecule has 10 heteroatoms. The van der Waals surface area contributed by atoms with E-state index in [2.05, 4.69) is 4.98 Å². The maximum atomic E-state index is 12.9. The second-order valence-electron chi connectivity index (χ2n) is 6.79. The van der Waals surface area contributed by atoms with E-state index in [1.54, 1.807) is 22.7 Å². The molecule has 1 aliphatic heterocycles. The maximum Gasteiger partial charge on any atom is 0.416 e. The third-order valence-corrected chi connectivity index (χ3v) is 5.44. The third kappa shape index (κ3) is 5.24. The Kier molecular flexibility index (Phi) is 6.74. The quantitative estimate of drug-likeness (QED) is 0.760. The van der Waals surface area contributed by atoms with Crippen molar-refractivity contribution in [2.45, 2.75) is 18.6 Å². The first kappa shape index (κ1) is 21.5. The summed E-state index contributed by atoms with van der Waals surface area (Å²) < 4.78 is 44.1. The number of rotatable bonds is 6. The van der Waals surface area contributed by atoms with Gasteiger partial charge in [0.1, 0.15) is 6.26 Å². The summed E-state index contributed by atoms with van der Waals surface area (Å²) in [5.74, 6) is 0.940. The van der Waals surface area contributed by atoms with Gasteiger partial charge in [0, 0.05) is 31.9 Å². The van der Waals surface area contributed by atoms with Crippen LogP contribution in [0.5, 0.6) is 0 Å². The molecule has 1 amide bonds. The molecule has 2 heterocycles. The van der Waals surface area contributed by atoms with Crippen molar-refractivity contribution < 1.29 is 22.4 Å². The summed E-state index contributed by atoms with van der Waals surface area (Å²) in [7, 11) is 0.